The van der Waals surface area contributed by atoms with E-state index in [1.54, 1.807) is 42.5 Å². The van der Waals surface area contributed by atoms with E-state index in [0.717, 1.165) is 28.2 Å². The third kappa shape index (κ3) is 8.76. The number of carbonyl (C=O) groups is 3. The number of benzene rings is 5. The Morgan fingerprint density at radius 2 is 1.38 bits per heavy atom. The quantitative estimate of drug-likeness (QED) is 0.125. The van der Waals surface area contributed by atoms with Crippen molar-refractivity contribution in [1.29, 1.82) is 5.26 Å². The van der Waals surface area contributed by atoms with Gasteiger partial charge >= 0.3 is 5.97 Å². The van der Waals surface area contributed by atoms with Crippen LogP contribution in [0.25, 0.3) is 11.1 Å². The lowest BCUT2D eigenvalue weighted by Gasteiger charge is -2.09. The number of nitrogens with zero attached hydrogens (tertiary/aromatic N) is 1. The van der Waals surface area contributed by atoms with Gasteiger partial charge in [-0.25, -0.2) is 4.79 Å². The number of Topliss-reactive ketones (excluding diaryl/α,β-unsaturated/α-hetero) is 1. The Morgan fingerprint density at radius 3 is 2.13 bits per heavy atom. The van der Waals surface area contributed by atoms with Crippen molar-refractivity contribution < 1.29 is 23.9 Å². The predicted molar refractivity (Wildman–Crippen MR) is 171 cm³/mol. The van der Waals surface area contributed by atoms with Crippen LogP contribution in [-0.4, -0.2) is 24.2 Å². The minimum absolute atomic E-state index is 0.0827. The van der Waals surface area contributed by atoms with E-state index >= 15 is 0 Å². The van der Waals surface area contributed by atoms with Crippen LogP contribution in [0.5, 0.6) is 11.5 Å². The fourth-order valence-corrected chi connectivity index (χ4v) is 4.64. The SMILES string of the molecule is N#Cc1cccc(COC(=O)C(=O)Cc2ccc(-c3cccc(C(=O)NCCc4ccc(Oc5ccccc5)cc4)c3)cc2)c1. The van der Waals surface area contributed by atoms with Crippen LogP contribution in [0.2, 0.25) is 0 Å². The van der Waals surface area contributed by atoms with Gasteiger partial charge in [0, 0.05) is 18.5 Å². The second-order valence-electron chi connectivity index (χ2n) is 10.3. The van der Waals surface area contributed by atoms with E-state index in [4.69, 9.17) is 14.7 Å². The number of nitrogens with one attached hydrogen (secondary N) is 1. The first-order valence-electron chi connectivity index (χ1n) is 14.5. The smallest absolute Gasteiger partial charge is 0.375 e. The summed E-state index contributed by atoms with van der Waals surface area (Å²) in [7, 11) is 0. The summed E-state index contributed by atoms with van der Waals surface area (Å²) in [6, 6.07) is 40.7. The Hall–Kier alpha value is -6.00. The molecule has 1 N–H and O–H groups in total. The molecule has 7 heteroatoms. The number of para-hydroxylation sites is 1. The molecular weight excluding hydrogens is 564 g/mol. The molecule has 0 aliphatic heterocycles. The largest absolute Gasteiger partial charge is 0.457 e. The molecule has 5 rings (SSSR count). The molecule has 45 heavy (non-hydrogen) atoms. The second-order valence-corrected chi connectivity index (χ2v) is 10.3. The van der Waals surface area contributed by atoms with Gasteiger partial charge in [0.1, 0.15) is 18.1 Å². The Morgan fingerprint density at radius 1 is 0.667 bits per heavy atom. The van der Waals surface area contributed by atoms with Crippen LogP contribution in [0, 0.1) is 11.3 Å². The second kappa shape index (κ2) is 14.9. The van der Waals surface area contributed by atoms with E-state index in [1.807, 2.05) is 91.0 Å². The molecular formula is C38H30N2O5. The van der Waals surface area contributed by atoms with E-state index in [-0.39, 0.29) is 18.9 Å². The van der Waals surface area contributed by atoms with Crippen LogP contribution in [-0.2, 0) is 33.8 Å². The average Bonchev–Trinajstić information content (AvgIpc) is 3.09. The molecule has 0 saturated carbocycles. The van der Waals surface area contributed by atoms with Gasteiger partial charge < -0.3 is 14.8 Å². The van der Waals surface area contributed by atoms with Crippen molar-refractivity contribution in [3.05, 3.63) is 155 Å². The van der Waals surface area contributed by atoms with E-state index < -0.39 is 11.8 Å². The maximum absolute atomic E-state index is 12.9. The summed E-state index contributed by atoms with van der Waals surface area (Å²) in [5.74, 6) is -0.215. The van der Waals surface area contributed by atoms with Gasteiger partial charge in [-0.15, -0.1) is 0 Å². The molecule has 0 aliphatic carbocycles. The van der Waals surface area contributed by atoms with Gasteiger partial charge in [-0.2, -0.15) is 5.26 Å². The maximum atomic E-state index is 12.9. The van der Waals surface area contributed by atoms with Gasteiger partial charge in [0.05, 0.1) is 11.6 Å². The van der Waals surface area contributed by atoms with Crippen molar-refractivity contribution in [2.24, 2.45) is 0 Å². The number of ketones is 1. The van der Waals surface area contributed by atoms with E-state index in [9.17, 15) is 14.4 Å². The van der Waals surface area contributed by atoms with Gasteiger partial charge in [0.25, 0.3) is 5.91 Å². The molecule has 222 valence electrons. The average molecular weight is 595 g/mol. The van der Waals surface area contributed by atoms with Gasteiger partial charge in [-0.05, 0) is 82.8 Å². The first-order valence-corrected chi connectivity index (χ1v) is 14.5. The molecule has 7 nitrogen and oxygen atoms in total. The molecule has 0 bridgehead atoms. The molecule has 0 radical (unpaired) electrons. The highest BCUT2D eigenvalue weighted by Gasteiger charge is 2.16. The molecule has 0 aliphatic rings. The topological polar surface area (TPSA) is 105 Å². The highest BCUT2D eigenvalue weighted by atomic mass is 16.5. The number of hydrogen-bond donors (Lipinski definition) is 1. The van der Waals surface area contributed by atoms with Gasteiger partial charge in [-0.3, -0.25) is 9.59 Å². The fraction of sp³-hybridized carbons (Fsp3) is 0.105. The summed E-state index contributed by atoms with van der Waals surface area (Å²) >= 11 is 0. The van der Waals surface area contributed by atoms with Gasteiger partial charge in [0.15, 0.2) is 0 Å². The summed E-state index contributed by atoms with van der Waals surface area (Å²) < 4.78 is 11.0. The maximum Gasteiger partial charge on any atom is 0.375 e. The number of ether oxygens (including phenoxy) is 2. The molecule has 5 aromatic rings. The minimum Gasteiger partial charge on any atom is -0.457 e. The summed E-state index contributed by atoms with van der Waals surface area (Å²) in [6.45, 7) is 0.403. The van der Waals surface area contributed by atoms with Crippen LogP contribution >= 0.6 is 0 Å². The molecule has 0 fully saturated rings. The Kier molecular flexibility index (Phi) is 10.1. The Bertz CT molecular complexity index is 1830. The van der Waals surface area contributed by atoms with E-state index in [2.05, 4.69) is 5.32 Å². The molecule has 0 saturated heterocycles. The lowest BCUT2D eigenvalue weighted by molar-refractivity contribution is -0.154. The number of amides is 1. The third-order valence-corrected chi connectivity index (χ3v) is 7.03. The molecule has 1 amide bonds. The molecule has 0 heterocycles. The zero-order valence-electron chi connectivity index (χ0n) is 24.4. The van der Waals surface area contributed by atoms with Crippen LogP contribution < -0.4 is 10.1 Å². The molecule has 0 unspecified atom stereocenters. The van der Waals surface area contributed by atoms with Crippen LogP contribution in [0.3, 0.4) is 0 Å². The van der Waals surface area contributed by atoms with Crippen molar-refractivity contribution in [1.82, 2.24) is 5.32 Å². The Balaban J connectivity index is 1.09. The molecule has 0 spiro atoms. The fourth-order valence-electron chi connectivity index (χ4n) is 4.64. The standard InChI is InChI=1S/C38H30N2O5/c39-25-29-6-4-7-30(22-29)26-44-38(43)36(41)23-28-12-16-31(17-13-28)32-8-5-9-33(24-32)37(42)40-21-20-27-14-18-35(19-15-27)45-34-10-2-1-3-11-34/h1-19,22,24H,20-21,23,26H2,(H,40,42). The van der Waals surface area contributed by atoms with Crippen molar-refractivity contribution in [2.45, 2.75) is 19.4 Å². The number of hydrogen-bond acceptors (Lipinski definition) is 6. The first-order chi connectivity index (χ1) is 22.0. The third-order valence-electron chi connectivity index (χ3n) is 7.03. The summed E-state index contributed by atoms with van der Waals surface area (Å²) in [5, 5.41) is 12.0. The lowest BCUT2D eigenvalue weighted by Crippen LogP contribution is -2.25. The summed E-state index contributed by atoms with van der Waals surface area (Å²) in [5.41, 5.74) is 5.11. The monoisotopic (exact) mass is 594 g/mol. The first kappa shape index (κ1) is 30.5. The number of rotatable bonds is 12. The predicted octanol–water partition coefficient (Wildman–Crippen LogP) is 6.85. The Labute approximate surface area is 261 Å². The van der Waals surface area contributed by atoms with Crippen LogP contribution in [0.15, 0.2) is 127 Å². The van der Waals surface area contributed by atoms with Gasteiger partial charge in [-0.1, -0.05) is 78.9 Å². The molecule has 0 aromatic heterocycles. The minimum atomic E-state index is -0.922. The zero-order chi connectivity index (χ0) is 31.4. The van der Waals surface area contributed by atoms with E-state index in [0.29, 0.717) is 35.2 Å². The molecule has 0 atom stereocenters. The van der Waals surface area contributed by atoms with Gasteiger partial charge in [0.2, 0.25) is 5.78 Å². The number of carbonyl (C=O) groups excluding carboxylic acids is 3. The van der Waals surface area contributed by atoms with Crippen molar-refractivity contribution >= 4 is 17.7 Å². The normalized spacial score (nSPS) is 10.4. The lowest BCUT2D eigenvalue weighted by atomic mass is 10.00. The highest BCUT2D eigenvalue weighted by molar-refractivity contribution is 6.34. The van der Waals surface area contributed by atoms with Crippen LogP contribution in [0.1, 0.15) is 32.6 Å². The van der Waals surface area contributed by atoms with E-state index in [1.165, 1.54) is 0 Å². The zero-order valence-corrected chi connectivity index (χ0v) is 24.4. The van der Waals surface area contributed by atoms with Crippen LogP contribution in [0.4, 0.5) is 0 Å². The van der Waals surface area contributed by atoms with Crippen molar-refractivity contribution in [2.75, 3.05) is 6.54 Å². The summed E-state index contributed by atoms with van der Waals surface area (Å²) in [6.07, 6.45) is 0.585. The van der Waals surface area contributed by atoms with Crippen molar-refractivity contribution in [3.8, 4) is 28.7 Å². The number of nitriles is 1. The molecule has 5 aromatic carbocycles. The number of esters is 1. The highest BCUT2D eigenvalue weighted by Crippen LogP contribution is 2.23. The van der Waals surface area contributed by atoms with Crippen molar-refractivity contribution in [3.63, 3.8) is 0 Å². The summed E-state index contributed by atoms with van der Waals surface area (Å²) in [4.78, 5) is 37.5.